The highest BCUT2D eigenvalue weighted by atomic mass is 19.2. The SMILES string of the molecule is O=C(O)COC1CCN(C(=O)c2ccc(F)c(F)c2)CC1. The van der Waals surface area contributed by atoms with Crippen LogP contribution in [0.15, 0.2) is 18.2 Å². The van der Waals surface area contributed by atoms with Crippen LogP contribution in [0.1, 0.15) is 23.2 Å². The lowest BCUT2D eigenvalue weighted by Crippen LogP contribution is -2.41. The van der Waals surface area contributed by atoms with E-state index in [1.165, 1.54) is 11.0 Å². The van der Waals surface area contributed by atoms with E-state index in [0.717, 1.165) is 12.1 Å². The minimum Gasteiger partial charge on any atom is -0.480 e. The number of likely N-dealkylation sites (tertiary alicyclic amines) is 1. The van der Waals surface area contributed by atoms with Crippen LogP contribution in [0.3, 0.4) is 0 Å². The molecular formula is C14H15F2NO4. The molecular weight excluding hydrogens is 284 g/mol. The van der Waals surface area contributed by atoms with Gasteiger partial charge in [0.1, 0.15) is 6.61 Å². The van der Waals surface area contributed by atoms with Gasteiger partial charge in [0.15, 0.2) is 11.6 Å². The van der Waals surface area contributed by atoms with Crippen LogP contribution in [0.25, 0.3) is 0 Å². The molecule has 0 spiro atoms. The van der Waals surface area contributed by atoms with Crippen molar-refractivity contribution in [3.8, 4) is 0 Å². The van der Waals surface area contributed by atoms with E-state index in [9.17, 15) is 18.4 Å². The summed E-state index contributed by atoms with van der Waals surface area (Å²) in [5, 5.41) is 8.53. The first kappa shape index (κ1) is 15.4. The molecule has 0 aliphatic carbocycles. The first-order valence-electron chi connectivity index (χ1n) is 6.55. The zero-order valence-corrected chi connectivity index (χ0v) is 11.2. The van der Waals surface area contributed by atoms with Crippen LogP contribution < -0.4 is 0 Å². The van der Waals surface area contributed by atoms with Crippen LogP contribution >= 0.6 is 0 Å². The van der Waals surface area contributed by atoms with E-state index in [-0.39, 0.29) is 24.2 Å². The predicted octanol–water partition coefficient (Wildman–Crippen LogP) is 1.67. The molecule has 1 fully saturated rings. The van der Waals surface area contributed by atoms with Crippen molar-refractivity contribution in [2.75, 3.05) is 19.7 Å². The van der Waals surface area contributed by atoms with Crippen LogP contribution in [0.4, 0.5) is 8.78 Å². The normalized spacial score (nSPS) is 16.0. The van der Waals surface area contributed by atoms with Crippen LogP contribution in [-0.2, 0) is 9.53 Å². The maximum Gasteiger partial charge on any atom is 0.329 e. The number of carbonyl (C=O) groups excluding carboxylic acids is 1. The fraction of sp³-hybridized carbons (Fsp3) is 0.429. The molecule has 0 unspecified atom stereocenters. The Labute approximate surface area is 120 Å². The van der Waals surface area contributed by atoms with Gasteiger partial charge >= 0.3 is 5.97 Å². The summed E-state index contributed by atoms with van der Waals surface area (Å²) in [7, 11) is 0. The van der Waals surface area contributed by atoms with Gasteiger partial charge in [-0.15, -0.1) is 0 Å². The van der Waals surface area contributed by atoms with Gasteiger partial charge in [-0.2, -0.15) is 0 Å². The third-order valence-corrected chi connectivity index (χ3v) is 3.34. The Bertz CT molecular complexity index is 542. The van der Waals surface area contributed by atoms with Crippen molar-refractivity contribution in [1.82, 2.24) is 4.90 Å². The Kier molecular flexibility index (Phi) is 4.85. The number of carboxylic acids is 1. The topological polar surface area (TPSA) is 66.8 Å². The fourth-order valence-corrected chi connectivity index (χ4v) is 2.23. The molecule has 1 N–H and O–H groups in total. The monoisotopic (exact) mass is 299 g/mol. The van der Waals surface area contributed by atoms with Crippen molar-refractivity contribution < 1.29 is 28.2 Å². The van der Waals surface area contributed by atoms with Crippen molar-refractivity contribution in [3.63, 3.8) is 0 Å². The van der Waals surface area contributed by atoms with Crippen molar-refractivity contribution in [3.05, 3.63) is 35.4 Å². The Hall–Kier alpha value is -2.02. The lowest BCUT2D eigenvalue weighted by atomic mass is 10.1. The third kappa shape index (κ3) is 3.98. The molecule has 0 atom stereocenters. The second kappa shape index (κ2) is 6.62. The summed E-state index contributed by atoms with van der Waals surface area (Å²) in [4.78, 5) is 24.1. The number of carbonyl (C=O) groups is 2. The second-order valence-corrected chi connectivity index (χ2v) is 4.83. The number of hydrogen-bond donors (Lipinski definition) is 1. The predicted molar refractivity (Wildman–Crippen MR) is 68.9 cm³/mol. The molecule has 5 nitrogen and oxygen atoms in total. The molecule has 21 heavy (non-hydrogen) atoms. The number of nitrogens with zero attached hydrogens (tertiary/aromatic N) is 1. The summed E-state index contributed by atoms with van der Waals surface area (Å²) >= 11 is 0. The minimum atomic E-state index is -1.06. The lowest BCUT2D eigenvalue weighted by Gasteiger charge is -2.31. The number of amides is 1. The molecule has 0 saturated carbocycles. The molecule has 1 saturated heterocycles. The number of benzene rings is 1. The molecule has 1 aromatic rings. The number of piperidine rings is 1. The average Bonchev–Trinajstić information content (AvgIpc) is 2.48. The summed E-state index contributed by atoms with van der Waals surface area (Å²) in [5.74, 6) is -3.45. The molecule has 1 aliphatic rings. The van der Waals surface area contributed by atoms with Gasteiger partial charge in [0.25, 0.3) is 5.91 Å². The van der Waals surface area contributed by atoms with E-state index in [0.29, 0.717) is 25.9 Å². The number of aliphatic carboxylic acids is 1. The Morgan fingerprint density at radius 2 is 1.90 bits per heavy atom. The third-order valence-electron chi connectivity index (χ3n) is 3.34. The van der Waals surface area contributed by atoms with Gasteiger partial charge in [-0.3, -0.25) is 4.79 Å². The van der Waals surface area contributed by atoms with Crippen LogP contribution in [-0.4, -0.2) is 47.7 Å². The highest BCUT2D eigenvalue weighted by Gasteiger charge is 2.25. The molecule has 1 aromatic carbocycles. The van der Waals surface area contributed by atoms with Gasteiger partial charge in [-0.25, -0.2) is 13.6 Å². The van der Waals surface area contributed by atoms with Crippen molar-refractivity contribution in [1.29, 1.82) is 0 Å². The van der Waals surface area contributed by atoms with Crippen LogP contribution in [0.5, 0.6) is 0 Å². The largest absolute Gasteiger partial charge is 0.480 e. The van der Waals surface area contributed by atoms with Crippen LogP contribution in [0.2, 0.25) is 0 Å². The Morgan fingerprint density at radius 1 is 1.24 bits per heavy atom. The van der Waals surface area contributed by atoms with E-state index < -0.39 is 17.6 Å². The zero-order chi connectivity index (χ0) is 15.4. The molecule has 1 heterocycles. The number of halogens is 2. The fourth-order valence-electron chi connectivity index (χ4n) is 2.23. The van der Waals surface area contributed by atoms with Crippen molar-refractivity contribution in [2.45, 2.75) is 18.9 Å². The Balaban J connectivity index is 1.90. The summed E-state index contributed by atoms with van der Waals surface area (Å²) in [5.41, 5.74) is 0.0961. The van der Waals surface area contributed by atoms with Gasteiger partial charge in [0.05, 0.1) is 6.10 Å². The smallest absolute Gasteiger partial charge is 0.329 e. The van der Waals surface area contributed by atoms with Gasteiger partial charge in [0.2, 0.25) is 0 Å². The van der Waals surface area contributed by atoms with E-state index in [4.69, 9.17) is 9.84 Å². The number of ether oxygens (including phenoxy) is 1. The summed E-state index contributed by atoms with van der Waals surface area (Å²) in [6.07, 6.45) is 0.834. The van der Waals surface area contributed by atoms with Gasteiger partial charge in [-0.1, -0.05) is 0 Å². The first-order valence-corrected chi connectivity index (χ1v) is 6.55. The quantitative estimate of drug-likeness (QED) is 0.918. The van der Waals surface area contributed by atoms with Crippen LogP contribution in [0, 0.1) is 11.6 Å². The lowest BCUT2D eigenvalue weighted by molar-refractivity contribution is -0.145. The molecule has 0 radical (unpaired) electrons. The molecule has 7 heteroatoms. The maximum atomic E-state index is 13.1. The van der Waals surface area contributed by atoms with Gasteiger partial charge in [-0.05, 0) is 31.0 Å². The maximum absolute atomic E-state index is 13.1. The van der Waals surface area contributed by atoms with E-state index in [1.807, 2.05) is 0 Å². The molecule has 114 valence electrons. The molecule has 1 aliphatic heterocycles. The summed E-state index contributed by atoms with van der Waals surface area (Å²) in [6.45, 7) is 0.423. The average molecular weight is 299 g/mol. The van der Waals surface area contributed by atoms with E-state index in [2.05, 4.69) is 0 Å². The number of hydrogen-bond acceptors (Lipinski definition) is 3. The van der Waals surface area contributed by atoms with Gasteiger partial charge < -0.3 is 14.7 Å². The van der Waals surface area contributed by atoms with E-state index >= 15 is 0 Å². The molecule has 1 amide bonds. The first-order chi connectivity index (χ1) is 9.97. The molecule has 0 bridgehead atoms. The number of rotatable bonds is 4. The number of carboxylic acid groups (broad SMARTS) is 1. The minimum absolute atomic E-state index is 0.0961. The summed E-state index contributed by atoms with van der Waals surface area (Å²) < 4.78 is 31.1. The van der Waals surface area contributed by atoms with Gasteiger partial charge in [0, 0.05) is 18.7 Å². The Morgan fingerprint density at radius 3 is 2.48 bits per heavy atom. The summed E-state index contributed by atoms with van der Waals surface area (Å²) in [6, 6.07) is 3.05. The van der Waals surface area contributed by atoms with Crippen molar-refractivity contribution in [2.24, 2.45) is 0 Å². The van der Waals surface area contributed by atoms with Crippen molar-refractivity contribution >= 4 is 11.9 Å². The zero-order valence-electron chi connectivity index (χ0n) is 11.2. The second-order valence-electron chi connectivity index (χ2n) is 4.83. The molecule has 0 aromatic heterocycles. The highest BCUT2D eigenvalue weighted by molar-refractivity contribution is 5.94. The molecule has 2 rings (SSSR count). The standard InChI is InChI=1S/C14H15F2NO4/c15-11-2-1-9(7-12(11)16)14(20)17-5-3-10(4-6-17)21-8-13(18)19/h1-2,7,10H,3-6,8H2,(H,18,19). The highest BCUT2D eigenvalue weighted by Crippen LogP contribution is 2.17. The van der Waals surface area contributed by atoms with E-state index in [1.54, 1.807) is 0 Å².